The van der Waals surface area contributed by atoms with E-state index in [1.54, 1.807) is 6.92 Å². The van der Waals surface area contributed by atoms with Crippen molar-refractivity contribution in [2.24, 2.45) is 5.18 Å². The molecule has 1 aromatic rings. The van der Waals surface area contributed by atoms with Crippen LogP contribution in [0.2, 0.25) is 0 Å². The van der Waals surface area contributed by atoms with Gasteiger partial charge in [-0.2, -0.15) is 0 Å². The first-order valence-electron chi connectivity index (χ1n) is 3.01. The Morgan fingerprint density at radius 1 is 1.27 bits per heavy atom. The van der Waals surface area contributed by atoms with Gasteiger partial charge in [0.05, 0.1) is 0 Å². The number of nitrogens with zero attached hydrogens (tertiary/aromatic N) is 1. The number of aryl methyl sites for hydroxylation is 1. The van der Waals surface area contributed by atoms with E-state index in [4.69, 9.17) is 10.2 Å². The van der Waals surface area contributed by atoms with Crippen LogP contribution in [0.25, 0.3) is 0 Å². The van der Waals surface area contributed by atoms with Gasteiger partial charge in [-0.05, 0) is 23.7 Å². The average Bonchev–Trinajstić information content (AvgIpc) is 1.97. The second-order valence-corrected chi connectivity index (χ2v) is 2.22. The molecule has 0 radical (unpaired) electrons. The van der Waals surface area contributed by atoms with Gasteiger partial charge in [-0.3, -0.25) is 0 Å². The van der Waals surface area contributed by atoms with Crippen molar-refractivity contribution >= 4 is 5.69 Å². The fraction of sp³-hybridized carbons (Fsp3) is 0.143. The van der Waals surface area contributed by atoms with E-state index in [1.165, 1.54) is 6.07 Å². The van der Waals surface area contributed by atoms with E-state index in [0.717, 1.165) is 6.07 Å². The fourth-order valence-corrected chi connectivity index (χ4v) is 0.743. The molecule has 0 aliphatic carbocycles. The van der Waals surface area contributed by atoms with E-state index in [9.17, 15) is 4.91 Å². The van der Waals surface area contributed by atoms with Gasteiger partial charge in [-0.1, -0.05) is 0 Å². The molecule has 0 spiro atoms. The highest BCUT2D eigenvalue weighted by Crippen LogP contribution is 2.32. The minimum Gasteiger partial charge on any atom is -0.508 e. The summed E-state index contributed by atoms with van der Waals surface area (Å²) in [5, 5.41) is 20.5. The number of nitroso groups, excluding NO2 is 1. The molecular formula is C7H7NO3. The Bertz CT molecular complexity index is 296. The van der Waals surface area contributed by atoms with Crippen LogP contribution < -0.4 is 0 Å². The third-order valence-electron chi connectivity index (χ3n) is 1.39. The van der Waals surface area contributed by atoms with Crippen molar-refractivity contribution in [3.8, 4) is 11.5 Å². The molecule has 0 aromatic heterocycles. The number of phenols is 2. The average molecular weight is 153 g/mol. The molecule has 11 heavy (non-hydrogen) atoms. The lowest BCUT2D eigenvalue weighted by Crippen LogP contribution is -1.74. The lowest BCUT2D eigenvalue weighted by Gasteiger charge is -1.99. The van der Waals surface area contributed by atoms with Crippen molar-refractivity contribution in [2.75, 3.05) is 0 Å². The minimum absolute atomic E-state index is 0.0464. The largest absolute Gasteiger partial charge is 0.508 e. The van der Waals surface area contributed by atoms with Gasteiger partial charge in [-0.15, -0.1) is 4.91 Å². The van der Waals surface area contributed by atoms with E-state index in [2.05, 4.69) is 5.18 Å². The van der Waals surface area contributed by atoms with E-state index in [1.807, 2.05) is 0 Å². The summed E-state index contributed by atoms with van der Waals surface area (Å²) >= 11 is 0. The van der Waals surface area contributed by atoms with Gasteiger partial charge in [0.2, 0.25) is 0 Å². The molecule has 0 atom stereocenters. The summed E-state index contributed by atoms with van der Waals surface area (Å²) in [6.07, 6.45) is 0. The maximum atomic E-state index is 10.00. The smallest absolute Gasteiger partial charge is 0.150 e. The van der Waals surface area contributed by atoms with Crippen LogP contribution in [0.4, 0.5) is 5.69 Å². The zero-order valence-electron chi connectivity index (χ0n) is 5.90. The summed E-state index contributed by atoms with van der Waals surface area (Å²) in [4.78, 5) is 10.00. The zero-order chi connectivity index (χ0) is 8.43. The minimum atomic E-state index is -0.303. The van der Waals surface area contributed by atoms with Crippen molar-refractivity contribution in [1.29, 1.82) is 0 Å². The van der Waals surface area contributed by atoms with E-state index >= 15 is 0 Å². The lowest BCUT2D eigenvalue weighted by atomic mass is 10.2. The molecule has 0 saturated heterocycles. The molecule has 0 fully saturated rings. The van der Waals surface area contributed by atoms with Crippen LogP contribution in [0.1, 0.15) is 5.56 Å². The number of aromatic hydroxyl groups is 2. The van der Waals surface area contributed by atoms with E-state index in [0.29, 0.717) is 5.56 Å². The molecule has 0 aliphatic rings. The molecule has 0 saturated carbocycles. The Morgan fingerprint density at radius 2 is 1.91 bits per heavy atom. The molecule has 1 rings (SSSR count). The van der Waals surface area contributed by atoms with Crippen LogP contribution in [0, 0.1) is 11.8 Å². The highest BCUT2D eigenvalue weighted by molar-refractivity contribution is 5.56. The normalized spacial score (nSPS) is 9.55. The maximum Gasteiger partial charge on any atom is 0.150 e. The summed E-state index contributed by atoms with van der Waals surface area (Å²) in [7, 11) is 0. The monoisotopic (exact) mass is 153 g/mol. The molecule has 4 nitrogen and oxygen atoms in total. The van der Waals surface area contributed by atoms with Crippen LogP contribution in [0.3, 0.4) is 0 Å². The summed E-state index contributed by atoms with van der Waals surface area (Å²) in [5.41, 5.74) is 0.456. The second-order valence-electron chi connectivity index (χ2n) is 2.22. The zero-order valence-corrected chi connectivity index (χ0v) is 5.90. The Labute approximate surface area is 63.1 Å². The molecule has 58 valence electrons. The Morgan fingerprint density at radius 3 is 2.45 bits per heavy atom. The number of rotatable bonds is 1. The van der Waals surface area contributed by atoms with Crippen molar-refractivity contribution in [1.82, 2.24) is 0 Å². The van der Waals surface area contributed by atoms with Crippen molar-refractivity contribution in [2.45, 2.75) is 6.92 Å². The predicted octanol–water partition coefficient (Wildman–Crippen LogP) is 1.80. The van der Waals surface area contributed by atoms with Crippen molar-refractivity contribution in [3.05, 3.63) is 22.6 Å². The van der Waals surface area contributed by atoms with Crippen molar-refractivity contribution in [3.63, 3.8) is 0 Å². The van der Waals surface area contributed by atoms with Crippen LogP contribution in [0.5, 0.6) is 11.5 Å². The van der Waals surface area contributed by atoms with Gasteiger partial charge >= 0.3 is 0 Å². The standard InChI is InChI=1S/C7H7NO3/c1-4-2-5(8-11)7(10)3-6(4)9/h2-3,9-10H,1H3. The Hall–Kier alpha value is -1.58. The first-order chi connectivity index (χ1) is 5.15. The second kappa shape index (κ2) is 2.57. The number of hydrogen-bond donors (Lipinski definition) is 2. The highest BCUT2D eigenvalue weighted by atomic mass is 16.3. The Balaban J connectivity index is 3.31. The number of benzene rings is 1. The highest BCUT2D eigenvalue weighted by Gasteiger charge is 2.04. The topological polar surface area (TPSA) is 69.9 Å². The predicted molar refractivity (Wildman–Crippen MR) is 40.0 cm³/mol. The lowest BCUT2D eigenvalue weighted by molar-refractivity contribution is 0.449. The third-order valence-corrected chi connectivity index (χ3v) is 1.39. The molecule has 0 unspecified atom stereocenters. The third kappa shape index (κ3) is 1.29. The molecule has 0 bridgehead atoms. The molecule has 1 aromatic carbocycles. The van der Waals surface area contributed by atoms with Crippen LogP contribution in [-0.2, 0) is 0 Å². The van der Waals surface area contributed by atoms with Gasteiger partial charge in [-0.25, -0.2) is 0 Å². The number of hydrogen-bond acceptors (Lipinski definition) is 4. The fourth-order valence-electron chi connectivity index (χ4n) is 0.743. The first kappa shape index (κ1) is 7.53. The molecule has 0 aliphatic heterocycles. The summed E-state index contributed by atoms with van der Waals surface area (Å²) in [6, 6.07) is 2.41. The van der Waals surface area contributed by atoms with Crippen molar-refractivity contribution < 1.29 is 10.2 Å². The van der Waals surface area contributed by atoms with Gasteiger partial charge in [0, 0.05) is 6.07 Å². The molecule has 0 heterocycles. The quantitative estimate of drug-likeness (QED) is 0.604. The molecule has 4 heteroatoms. The summed E-state index contributed by atoms with van der Waals surface area (Å²) in [5.74, 6) is -0.349. The summed E-state index contributed by atoms with van der Waals surface area (Å²) in [6.45, 7) is 1.61. The first-order valence-corrected chi connectivity index (χ1v) is 3.01. The Kier molecular flexibility index (Phi) is 1.76. The van der Waals surface area contributed by atoms with Crippen LogP contribution in [0.15, 0.2) is 17.3 Å². The van der Waals surface area contributed by atoms with E-state index < -0.39 is 0 Å². The van der Waals surface area contributed by atoms with E-state index in [-0.39, 0.29) is 17.2 Å². The molecular weight excluding hydrogens is 146 g/mol. The molecule has 2 N–H and O–H groups in total. The molecule has 0 amide bonds. The van der Waals surface area contributed by atoms with Gasteiger partial charge in [0.15, 0.2) is 0 Å². The maximum absolute atomic E-state index is 10.00. The summed E-state index contributed by atoms with van der Waals surface area (Å²) < 4.78 is 0. The van der Waals surface area contributed by atoms with Gasteiger partial charge < -0.3 is 10.2 Å². The number of phenolic OH excluding ortho intramolecular Hbond substituents is 2. The van der Waals surface area contributed by atoms with Gasteiger partial charge in [0.25, 0.3) is 0 Å². The van der Waals surface area contributed by atoms with Crippen LogP contribution in [-0.4, -0.2) is 10.2 Å². The SMILES string of the molecule is Cc1cc(N=O)c(O)cc1O. The van der Waals surface area contributed by atoms with Gasteiger partial charge in [0.1, 0.15) is 17.2 Å². The van der Waals surface area contributed by atoms with Crippen LogP contribution >= 0.6 is 0 Å².